The normalized spacial score (nSPS) is 12.4. The zero-order chi connectivity index (χ0) is 15.2. The number of rotatable bonds is 7. The van der Waals surface area contributed by atoms with Gasteiger partial charge >= 0.3 is 0 Å². The molecule has 0 bridgehead atoms. The van der Waals surface area contributed by atoms with E-state index in [9.17, 15) is 0 Å². The molecule has 0 aliphatic carbocycles. The number of hydrogen-bond acceptors (Lipinski definition) is 4. The fraction of sp³-hybridized carbons (Fsp3) is 0.438. The van der Waals surface area contributed by atoms with E-state index in [1.807, 2.05) is 42.9 Å². The van der Waals surface area contributed by atoms with Gasteiger partial charge in [0, 0.05) is 18.8 Å². The highest BCUT2D eigenvalue weighted by molar-refractivity contribution is 7.99. The van der Waals surface area contributed by atoms with Gasteiger partial charge in [0.2, 0.25) is 0 Å². The molecule has 0 amide bonds. The maximum absolute atomic E-state index is 6.26. The Balaban J connectivity index is 1.90. The molecule has 1 aromatic heterocycles. The van der Waals surface area contributed by atoms with Gasteiger partial charge in [0.15, 0.2) is 0 Å². The Labute approximate surface area is 130 Å². The predicted molar refractivity (Wildman–Crippen MR) is 87.8 cm³/mol. The Morgan fingerprint density at radius 1 is 1.33 bits per heavy atom. The number of nitrogens with two attached hydrogens (primary N) is 1. The van der Waals surface area contributed by atoms with Crippen molar-refractivity contribution in [2.24, 2.45) is 12.8 Å². The number of thioether (sulfide) groups is 1. The molecule has 1 heterocycles. The van der Waals surface area contributed by atoms with Crippen LogP contribution in [0.1, 0.15) is 30.6 Å². The van der Waals surface area contributed by atoms with E-state index in [0.29, 0.717) is 0 Å². The van der Waals surface area contributed by atoms with E-state index in [2.05, 4.69) is 18.1 Å². The van der Waals surface area contributed by atoms with Gasteiger partial charge in [-0.2, -0.15) is 5.10 Å². The maximum atomic E-state index is 6.26. The van der Waals surface area contributed by atoms with Gasteiger partial charge in [-0.05, 0) is 37.1 Å². The molecular weight excluding hydrogens is 282 g/mol. The zero-order valence-corrected chi connectivity index (χ0v) is 13.7. The smallest absolute Gasteiger partial charge is 0.119 e. The highest BCUT2D eigenvalue weighted by Gasteiger charge is 2.09. The molecule has 0 saturated carbocycles. The third kappa shape index (κ3) is 4.51. The first kappa shape index (κ1) is 15.9. The van der Waals surface area contributed by atoms with Gasteiger partial charge in [-0.15, -0.1) is 11.8 Å². The van der Waals surface area contributed by atoms with Crippen molar-refractivity contribution in [2.75, 3.05) is 12.4 Å². The second-order valence-electron chi connectivity index (χ2n) is 5.08. The van der Waals surface area contributed by atoms with E-state index in [1.165, 1.54) is 0 Å². The summed E-state index contributed by atoms with van der Waals surface area (Å²) in [7, 11) is 1.96. The third-order valence-corrected chi connectivity index (χ3v) is 4.35. The van der Waals surface area contributed by atoms with Crippen LogP contribution in [-0.4, -0.2) is 22.1 Å². The molecule has 2 aromatic rings. The second-order valence-corrected chi connectivity index (χ2v) is 6.12. The van der Waals surface area contributed by atoms with Gasteiger partial charge in [-0.3, -0.25) is 4.68 Å². The molecule has 0 fully saturated rings. The standard InChI is InChI=1S/C16H23N3OS/c1-4-9-20-14-7-5-13(6-8-14)15(17)11-21-16-10-12(2)18-19(16)3/h5-8,10,15H,4,9,11,17H2,1-3H3. The highest BCUT2D eigenvalue weighted by Crippen LogP contribution is 2.24. The van der Waals surface area contributed by atoms with Crippen LogP contribution >= 0.6 is 11.8 Å². The average molecular weight is 305 g/mol. The van der Waals surface area contributed by atoms with Crippen LogP contribution in [0.3, 0.4) is 0 Å². The number of aromatic nitrogens is 2. The van der Waals surface area contributed by atoms with E-state index < -0.39 is 0 Å². The van der Waals surface area contributed by atoms with Gasteiger partial charge in [0.25, 0.3) is 0 Å². The molecule has 21 heavy (non-hydrogen) atoms. The van der Waals surface area contributed by atoms with Gasteiger partial charge in [0.1, 0.15) is 5.75 Å². The molecule has 0 saturated heterocycles. The number of aryl methyl sites for hydroxylation is 2. The first-order chi connectivity index (χ1) is 10.1. The van der Waals surface area contributed by atoms with Crippen LogP contribution in [0.4, 0.5) is 0 Å². The van der Waals surface area contributed by atoms with Crippen LogP contribution in [0, 0.1) is 6.92 Å². The van der Waals surface area contributed by atoms with Crippen LogP contribution in [0.25, 0.3) is 0 Å². The molecule has 0 aliphatic rings. The van der Waals surface area contributed by atoms with E-state index in [0.717, 1.165) is 40.8 Å². The van der Waals surface area contributed by atoms with E-state index in [1.54, 1.807) is 11.8 Å². The lowest BCUT2D eigenvalue weighted by Crippen LogP contribution is -2.13. The first-order valence-electron chi connectivity index (χ1n) is 7.22. The average Bonchev–Trinajstić information content (AvgIpc) is 2.81. The molecule has 2 N–H and O–H groups in total. The molecule has 1 aromatic carbocycles. The maximum Gasteiger partial charge on any atom is 0.119 e. The molecule has 1 unspecified atom stereocenters. The minimum Gasteiger partial charge on any atom is -0.494 e. The lowest BCUT2D eigenvalue weighted by atomic mass is 10.1. The Hall–Kier alpha value is -1.46. The van der Waals surface area contributed by atoms with Crippen molar-refractivity contribution < 1.29 is 4.74 Å². The van der Waals surface area contributed by atoms with Gasteiger partial charge < -0.3 is 10.5 Å². The van der Waals surface area contributed by atoms with Crippen molar-refractivity contribution in [1.29, 1.82) is 0 Å². The summed E-state index contributed by atoms with van der Waals surface area (Å²) < 4.78 is 7.48. The van der Waals surface area contributed by atoms with Crippen LogP contribution < -0.4 is 10.5 Å². The van der Waals surface area contributed by atoms with Crippen molar-refractivity contribution in [2.45, 2.75) is 31.3 Å². The van der Waals surface area contributed by atoms with Crippen LogP contribution in [0.2, 0.25) is 0 Å². The predicted octanol–water partition coefficient (Wildman–Crippen LogP) is 3.31. The summed E-state index contributed by atoms with van der Waals surface area (Å²) >= 11 is 1.73. The lowest BCUT2D eigenvalue weighted by Gasteiger charge is -2.12. The zero-order valence-electron chi connectivity index (χ0n) is 12.9. The Morgan fingerprint density at radius 2 is 2.05 bits per heavy atom. The molecule has 0 spiro atoms. The third-order valence-electron chi connectivity index (χ3n) is 3.15. The number of nitrogens with zero attached hydrogens (tertiary/aromatic N) is 2. The highest BCUT2D eigenvalue weighted by atomic mass is 32.2. The number of ether oxygens (including phenoxy) is 1. The fourth-order valence-corrected chi connectivity index (χ4v) is 3.05. The topological polar surface area (TPSA) is 53.1 Å². The molecule has 114 valence electrons. The summed E-state index contributed by atoms with van der Waals surface area (Å²) in [5.74, 6) is 1.73. The minimum atomic E-state index is 0.00503. The first-order valence-corrected chi connectivity index (χ1v) is 8.20. The Morgan fingerprint density at radius 3 is 2.62 bits per heavy atom. The molecule has 2 rings (SSSR count). The summed E-state index contributed by atoms with van der Waals surface area (Å²) in [5.41, 5.74) is 8.42. The Kier molecular flexibility index (Phi) is 5.70. The number of hydrogen-bond donors (Lipinski definition) is 1. The van der Waals surface area contributed by atoms with E-state index >= 15 is 0 Å². The lowest BCUT2D eigenvalue weighted by molar-refractivity contribution is 0.317. The van der Waals surface area contributed by atoms with Crippen molar-refractivity contribution in [3.8, 4) is 5.75 Å². The van der Waals surface area contributed by atoms with Gasteiger partial charge in [-0.1, -0.05) is 19.1 Å². The van der Waals surface area contributed by atoms with E-state index in [4.69, 9.17) is 10.5 Å². The van der Waals surface area contributed by atoms with E-state index in [-0.39, 0.29) is 6.04 Å². The monoisotopic (exact) mass is 305 g/mol. The van der Waals surface area contributed by atoms with Crippen LogP contribution in [-0.2, 0) is 7.05 Å². The van der Waals surface area contributed by atoms with Crippen molar-refractivity contribution >= 4 is 11.8 Å². The molecular formula is C16H23N3OS. The second kappa shape index (κ2) is 7.52. The molecule has 1 atom stereocenters. The molecule has 0 radical (unpaired) electrons. The summed E-state index contributed by atoms with van der Waals surface area (Å²) in [5, 5.41) is 5.48. The van der Waals surface area contributed by atoms with Crippen molar-refractivity contribution in [3.05, 3.63) is 41.6 Å². The fourth-order valence-electron chi connectivity index (χ4n) is 2.02. The largest absolute Gasteiger partial charge is 0.494 e. The SMILES string of the molecule is CCCOc1ccc(C(N)CSc2cc(C)nn2C)cc1. The van der Waals surface area contributed by atoms with Crippen LogP contribution in [0.5, 0.6) is 5.75 Å². The molecule has 4 nitrogen and oxygen atoms in total. The summed E-state index contributed by atoms with van der Waals surface area (Å²) in [6.45, 7) is 4.85. The van der Waals surface area contributed by atoms with Crippen LogP contribution in [0.15, 0.2) is 35.4 Å². The quantitative estimate of drug-likeness (QED) is 0.797. The van der Waals surface area contributed by atoms with Gasteiger partial charge in [0.05, 0.1) is 17.3 Å². The summed E-state index contributed by atoms with van der Waals surface area (Å²) in [6.07, 6.45) is 1.02. The number of benzene rings is 1. The molecule has 5 heteroatoms. The van der Waals surface area contributed by atoms with Crippen molar-refractivity contribution in [3.63, 3.8) is 0 Å². The molecule has 0 aliphatic heterocycles. The minimum absolute atomic E-state index is 0.00503. The summed E-state index contributed by atoms with van der Waals surface area (Å²) in [4.78, 5) is 0. The summed E-state index contributed by atoms with van der Waals surface area (Å²) in [6, 6.07) is 10.2. The van der Waals surface area contributed by atoms with Gasteiger partial charge in [-0.25, -0.2) is 0 Å². The Bertz CT molecular complexity index is 565. The van der Waals surface area contributed by atoms with Crippen molar-refractivity contribution in [1.82, 2.24) is 9.78 Å².